The minimum Gasteiger partial charge on any atom is -0.363 e. The quantitative estimate of drug-likeness (QED) is 0.772. The Morgan fingerprint density at radius 2 is 1.79 bits per heavy atom. The first kappa shape index (κ1) is 8.55. The average molecular weight is 187 g/mol. The second-order valence-corrected chi connectivity index (χ2v) is 2.68. The van der Waals surface area contributed by atoms with Gasteiger partial charge in [-0.05, 0) is 24.3 Å². The van der Waals surface area contributed by atoms with Crippen molar-refractivity contribution < 1.29 is 0 Å². The summed E-state index contributed by atoms with van der Waals surface area (Å²) in [7, 11) is 0. The Balaban J connectivity index is 1.96. The third-order valence-electron chi connectivity index (χ3n) is 1.65. The predicted molar refractivity (Wildman–Crippen MR) is 51.4 cm³/mol. The Hall–Kier alpha value is -2.04. The zero-order valence-electron chi connectivity index (χ0n) is 7.46. The van der Waals surface area contributed by atoms with Crippen molar-refractivity contribution in [2.75, 3.05) is 5.32 Å². The molecule has 0 saturated heterocycles. The lowest BCUT2D eigenvalue weighted by Gasteiger charge is -2.01. The van der Waals surface area contributed by atoms with E-state index in [2.05, 4.69) is 25.7 Å². The van der Waals surface area contributed by atoms with E-state index in [0.717, 1.165) is 11.5 Å². The summed E-state index contributed by atoms with van der Waals surface area (Å²) in [5, 5.41) is 18.4. The van der Waals surface area contributed by atoms with Gasteiger partial charge in [0.2, 0.25) is 0 Å². The molecule has 0 unspecified atom stereocenters. The lowest BCUT2D eigenvalue weighted by molar-refractivity contribution is 0.911. The summed E-state index contributed by atoms with van der Waals surface area (Å²) in [6.07, 6.45) is 3.28. The second-order valence-electron chi connectivity index (χ2n) is 2.68. The fourth-order valence-corrected chi connectivity index (χ4v) is 1.00. The summed E-state index contributed by atoms with van der Waals surface area (Å²) in [6.45, 7) is 0.604. The van der Waals surface area contributed by atoms with Crippen molar-refractivity contribution in [2.24, 2.45) is 0 Å². The Morgan fingerprint density at radius 1 is 1.00 bits per heavy atom. The average Bonchev–Trinajstić information content (AvgIpc) is 2.29. The van der Waals surface area contributed by atoms with Gasteiger partial charge in [0.1, 0.15) is 5.82 Å². The van der Waals surface area contributed by atoms with Crippen molar-refractivity contribution in [1.29, 1.82) is 0 Å². The highest BCUT2D eigenvalue weighted by molar-refractivity contribution is 5.31. The first-order chi connectivity index (χ1) is 6.95. The zero-order chi connectivity index (χ0) is 9.64. The minimum atomic E-state index is 0.604. The fourth-order valence-electron chi connectivity index (χ4n) is 1.00. The Bertz CT molecular complexity index is 335. The van der Waals surface area contributed by atoms with Gasteiger partial charge in [-0.2, -0.15) is 15.3 Å². The van der Waals surface area contributed by atoms with E-state index >= 15 is 0 Å². The normalized spacial score (nSPS) is 9.71. The van der Waals surface area contributed by atoms with E-state index in [-0.39, 0.29) is 0 Å². The minimum absolute atomic E-state index is 0.604. The molecule has 70 valence electrons. The van der Waals surface area contributed by atoms with Crippen molar-refractivity contribution in [2.45, 2.75) is 6.54 Å². The van der Waals surface area contributed by atoms with Crippen LogP contribution in [0.4, 0.5) is 5.82 Å². The van der Waals surface area contributed by atoms with E-state index in [0.29, 0.717) is 6.54 Å². The highest BCUT2D eigenvalue weighted by Gasteiger charge is 1.94. The molecule has 2 heterocycles. The molecule has 2 rings (SSSR count). The standard InChI is InChI=1S/C9H9N5/c1-3-8(13-11-5-1)7-10-9-4-2-6-12-14-9/h1-6H,7H2,(H,10,14). The summed E-state index contributed by atoms with van der Waals surface area (Å²) in [5.41, 5.74) is 0.873. The van der Waals surface area contributed by atoms with Gasteiger partial charge in [-0.1, -0.05) is 0 Å². The number of anilines is 1. The molecule has 2 aromatic rings. The van der Waals surface area contributed by atoms with Crippen LogP contribution in [0.25, 0.3) is 0 Å². The van der Waals surface area contributed by atoms with E-state index in [1.807, 2.05) is 24.3 Å². The molecular weight excluding hydrogens is 178 g/mol. The molecule has 0 aliphatic heterocycles. The Kier molecular flexibility index (Phi) is 2.61. The van der Waals surface area contributed by atoms with Crippen molar-refractivity contribution in [3.63, 3.8) is 0 Å². The van der Waals surface area contributed by atoms with Gasteiger partial charge in [-0.3, -0.25) is 0 Å². The van der Waals surface area contributed by atoms with Crippen LogP contribution in [-0.4, -0.2) is 20.4 Å². The van der Waals surface area contributed by atoms with Crippen LogP contribution in [0.15, 0.2) is 36.7 Å². The second kappa shape index (κ2) is 4.27. The van der Waals surface area contributed by atoms with Crippen LogP contribution in [0.3, 0.4) is 0 Å². The first-order valence-corrected chi connectivity index (χ1v) is 4.23. The van der Waals surface area contributed by atoms with Crippen LogP contribution >= 0.6 is 0 Å². The van der Waals surface area contributed by atoms with Crippen molar-refractivity contribution in [1.82, 2.24) is 20.4 Å². The maximum atomic E-state index is 3.93. The molecular formula is C9H9N5. The summed E-state index contributed by atoms with van der Waals surface area (Å²) < 4.78 is 0. The lowest BCUT2D eigenvalue weighted by Crippen LogP contribution is -2.03. The molecule has 2 aromatic heterocycles. The molecule has 0 aromatic carbocycles. The van der Waals surface area contributed by atoms with Crippen molar-refractivity contribution in [3.8, 4) is 0 Å². The molecule has 0 bridgehead atoms. The van der Waals surface area contributed by atoms with E-state index < -0.39 is 0 Å². The monoisotopic (exact) mass is 187 g/mol. The van der Waals surface area contributed by atoms with Gasteiger partial charge in [0, 0.05) is 12.4 Å². The molecule has 5 heteroatoms. The largest absolute Gasteiger partial charge is 0.363 e. The summed E-state index contributed by atoms with van der Waals surface area (Å²) in [6, 6.07) is 7.42. The number of nitrogens with zero attached hydrogens (tertiary/aromatic N) is 4. The topological polar surface area (TPSA) is 63.6 Å². The van der Waals surface area contributed by atoms with Crippen LogP contribution in [0.2, 0.25) is 0 Å². The molecule has 0 spiro atoms. The first-order valence-electron chi connectivity index (χ1n) is 4.23. The van der Waals surface area contributed by atoms with E-state index in [1.165, 1.54) is 0 Å². The number of nitrogens with one attached hydrogen (secondary N) is 1. The third kappa shape index (κ3) is 2.22. The van der Waals surface area contributed by atoms with Crippen LogP contribution < -0.4 is 5.32 Å². The number of aromatic nitrogens is 4. The molecule has 0 amide bonds. The number of hydrogen-bond acceptors (Lipinski definition) is 5. The number of rotatable bonds is 3. The van der Waals surface area contributed by atoms with Gasteiger partial charge in [0.15, 0.2) is 0 Å². The summed E-state index contributed by atoms with van der Waals surface area (Å²) in [4.78, 5) is 0. The molecule has 0 atom stereocenters. The molecule has 0 radical (unpaired) electrons. The highest BCUT2D eigenvalue weighted by Crippen LogP contribution is 2.00. The van der Waals surface area contributed by atoms with Crippen LogP contribution in [0.1, 0.15) is 5.69 Å². The van der Waals surface area contributed by atoms with Crippen LogP contribution in [-0.2, 0) is 6.54 Å². The van der Waals surface area contributed by atoms with Gasteiger partial charge in [0.25, 0.3) is 0 Å². The maximum Gasteiger partial charge on any atom is 0.148 e. The van der Waals surface area contributed by atoms with Gasteiger partial charge in [-0.25, -0.2) is 0 Å². The molecule has 14 heavy (non-hydrogen) atoms. The van der Waals surface area contributed by atoms with Gasteiger partial charge in [0.05, 0.1) is 12.2 Å². The van der Waals surface area contributed by atoms with Gasteiger partial charge in [-0.15, -0.1) is 5.10 Å². The van der Waals surface area contributed by atoms with E-state index in [9.17, 15) is 0 Å². The van der Waals surface area contributed by atoms with Crippen molar-refractivity contribution >= 4 is 5.82 Å². The zero-order valence-corrected chi connectivity index (χ0v) is 7.46. The SMILES string of the molecule is c1cnnc(CNc2cccnn2)c1. The van der Waals surface area contributed by atoms with E-state index in [1.54, 1.807) is 12.4 Å². The summed E-state index contributed by atoms with van der Waals surface area (Å²) >= 11 is 0. The highest BCUT2D eigenvalue weighted by atomic mass is 15.2. The number of hydrogen-bond donors (Lipinski definition) is 1. The van der Waals surface area contributed by atoms with Crippen LogP contribution in [0.5, 0.6) is 0 Å². The lowest BCUT2D eigenvalue weighted by atomic mass is 10.4. The van der Waals surface area contributed by atoms with E-state index in [4.69, 9.17) is 0 Å². The smallest absolute Gasteiger partial charge is 0.148 e. The predicted octanol–water partition coefficient (Wildman–Crippen LogP) is 0.879. The van der Waals surface area contributed by atoms with Crippen molar-refractivity contribution in [3.05, 3.63) is 42.4 Å². The molecule has 0 saturated carbocycles. The molecule has 5 nitrogen and oxygen atoms in total. The van der Waals surface area contributed by atoms with Gasteiger partial charge < -0.3 is 5.32 Å². The fraction of sp³-hybridized carbons (Fsp3) is 0.111. The summed E-state index contributed by atoms with van der Waals surface area (Å²) in [5.74, 6) is 0.734. The third-order valence-corrected chi connectivity index (χ3v) is 1.65. The van der Waals surface area contributed by atoms with Gasteiger partial charge >= 0.3 is 0 Å². The Morgan fingerprint density at radius 3 is 2.43 bits per heavy atom. The molecule has 1 N–H and O–H groups in total. The maximum absolute atomic E-state index is 3.93. The molecule has 0 fully saturated rings. The van der Waals surface area contributed by atoms with Crippen LogP contribution in [0, 0.1) is 0 Å². The Labute approximate surface area is 81.2 Å². The molecule has 0 aliphatic carbocycles. The molecule has 0 aliphatic rings.